The third-order valence-corrected chi connectivity index (χ3v) is 7.45. The normalized spacial score (nSPS) is 28.4. The highest BCUT2D eigenvalue weighted by Crippen LogP contribution is 2.53. The highest BCUT2D eigenvalue weighted by atomic mass is 31.2. The van der Waals surface area contributed by atoms with Gasteiger partial charge in [-0.1, -0.05) is 0 Å². The van der Waals surface area contributed by atoms with Gasteiger partial charge in [-0.05, 0) is 32.6 Å². The fraction of sp³-hybridized carbons (Fsp3) is 0.750. The van der Waals surface area contributed by atoms with Gasteiger partial charge in [0.2, 0.25) is 0 Å². The maximum Gasteiger partial charge on any atom is 0.472 e. The molecule has 0 aromatic carbocycles. The Morgan fingerprint density at radius 2 is 1.90 bits per heavy atom. The largest absolute Gasteiger partial charge is 0.472 e. The van der Waals surface area contributed by atoms with Gasteiger partial charge >= 0.3 is 21.1 Å². The van der Waals surface area contributed by atoms with E-state index in [-0.39, 0.29) is 19.0 Å². The number of aromatic amines is 1. The molecule has 2 unspecified atom stereocenters. The van der Waals surface area contributed by atoms with Gasteiger partial charge in [0.05, 0.1) is 18.3 Å². The molecule has 30 heavy (non-hydrogen) atoms. The van der Waals surface area contributed by atoms with Crippen molar-refractivity contribution in [2.24, 2.45) is 5.92 Å². The standard InChI is InChI=1S/C16H28N2O10P2/c1-10(2)27-30(23,24)28-14-11(6-8-29(21,22)26-4)9-12(15(14)25-3)18-7-5-13(19)17-16(18)20/h5,7,10-12,14-15H,6,8-9H2,1-4H3,(H,21,22)(H,23,24)(H,17,19,20)/t11-,12-,14+,15-/m0/s1. The number of ether oxygens (including phenoxy) is 1. The first kappa shape index (κ1) is 25.2. The van der Waals surface area contributed by atoms with E-state index in [9.17, 15) is 28.5 Å². The third-order valence-electron chi connectivity index (χ3n) is 4.86. The summed E-state index contributed by atoms with van der Waals surface area (Å²) >= 11 is 0. The highest BCUT2D eigenvalue weighted by molar-refractivity contribution is 7.52. The maximum absolute atomic E-state index is 12.4. The zero-order valence-corrected chi connectivity index (χ0v) is 19.0. The highest BCUT2D eigenvalue weighted by Gasteiger charge is 2.49. The number of rotatable bonds is 10. The minimum Gasteiger partial charge on any atom is -0.377 e. The van der Waals surface area contributed by atoms with Crippen molar-refractivity contribution in [3.8, 4) is 0 Å². The second-order valence-electron chi connectivity index (χ2n) is 7.31. The summed E-state index contributed by atoms with van der Waals surface area (Å²) in [6, 6.07) is 0.511. The molecule has 6 atom stereocenters. The van der Waals surface area contributed by atoms with Gasteiger partial charge < -0.3 is 19.0 Å². The van der Waals surface area contributed by atoms with Gasteiger partial charge in [0.25, 0.3) is 5.56 Å². The van der Waals surface area contributed by atoms with Crippen molar-refractivity contribution in [1.82, 2.24) is 9.55 Å². The zero-order valence-electron chi connectivity index (χ0n) is 17.2. The van der Waals surface area contributed by atoms with E-state index >= 15 is 0 Å². The van der Waals surface area contributed by atoms with Crippen LogP contribution in [0.15, 0.2) is 21.9 Å². The average Bonchev–Trinajstić information content (AvgIpc) is 2.95. The lowest BCUT2D eigenvalue weighted by Gasteiger charge is -2.28. The molecule has 1 aliphatic carbocycles. The van der Waals surface area contributed by atoms with Gasteiger partial charge in [0.15, 0.2) is 0 Å². The molecular formula is C16H28N2O10P2. The molecule has 1 aromatic rings. The van der Waals surface area contributed by atoms with Gasteiger partial charge in [0, 0.05) is 26.5 Å². The first-order valence-electron chi connectivity index (χ1n) is 9.30. The van der Waals surface area contributed by atoms with Crippen LogP contribution in [-0.4, -0.2) is 58.0 Å². The van der Waals surface area contributed by atoms with Gasteiger partial charge in [-0.25, -0.2) is 9.36 Å². The monoisotopic (exact) mass is 470 g/mol. The molecular weight excluding hydrogens is 442 g/mol. The van der Waals surface area contributed by atoms with Crippen molar-refractivity contribution in [3.63, 3.8) is 0 Å². The number of nitrogens with zero attached hydrogens (tertiary/aromatic N) is 1. The van der Waals surface area contributed by atoms with Crippen molar-refractivity contribution in [2.75, 3.05) is 20.4 Å². The van der Waals surface area contributed by atoms with Crippen LogP contribution in [0.25, 0.3) is 0 Å². The second-order valence-corrected chi connectivity index (χ2v) is 10.8. The van der Waals surface area contributed by atoms with Crippen LogP contribution < -0.4 is 11.2 Å². The minimum atomic E-state index is -4.48. The molecule has 14 heteroatoms. The smallest absolute Gasteiger partial charge is 0.377 e. The Labute approximate surface area is 173 Å². The van der Waals surface area contributed by atoms with Crippen molar-refractivity contribution in [1.29, 1.82) is 0 Å². The Bertz CT molecular complexity index is 929. The first-order chi connectivity index (χ1) is 13.9. The lowest BCUT2D eigenvalue weighted by Crippen LogP contribution is -2.38. The lowest BCUT2D eigenvalue weighted by atomic mass is 10.0. The van der Waals surface area contributed by atoms with E-state index in [4.69, 9.17) is 13.8 Å². The quantitative estimate of drug-likeness (QED) is 0.424. The number of methoxy groups -OCH3 is 1. The van der Waals surface area contributed by atoms with Crippen molar-refractivity contribution < 1.29 is 37.2 Å². The van der Waals surface area contributed by atoms with Crippen LogP contribution in [0.3, 0.4) is 0 Å². The third kappa shape index (κ3) is 6.45. The van der Waals surface area contributed by atoms with E-state index in [1.54, 1.807) is 13.8 Å². The SMILES string of the molecule is CO[C@@H]1[C@H](OP(=O)(O)OC(C)C)[C@@H](CCP(=O)(O)OC)C[C@@H]1n1ccc(=O)[nH]c1=O. The fourth-order valence-corrected chi connectivity index (χ4v) is 5.63. The number of hydrogen-bond acceptors (Lipinski definition) is 8. The maximum atomic E-state index is 12.4. The van der Waals surface area contributed by atoms with Crippen LogP contribution in [0.1, 0.15) is 32.7 Å². The van der Waals surface area contributed by atoms with Crippen molar-refractivity contribution in [3.05, 3.63) is 33.1 Å². The van der Waals surface area contributed by atoms with Gasteiger partial charge in [0.1, 0.15) is 12.2 Å². The molecule has 2 rings (SSSR count). The van der Waals surface area contributed by atoms with Gasteiger partial charge in [-0.2, -0.15) is 0 Å². The molecule has 1 heterocycles. The molecule has 0 aliphatic heterocycles. The van der Waals surface area contributed by atoms with Gasteiger partial charge in [-0.15, -0.1) is 0 Å². The Hall–Kier alpha value is -1.10. The second kappa shape index (κ2) is 10.0. The van der Waals surface area contributed by atoms with Crippen LogP contribution in [-0.2, 0) is 27.4 Å². The molecule has 1 saturated carbocycles. The number of aromatic nitrogens is 2. The van der Waals surface area contributed by atoms with Crippen LogP contribution in [0.5, 0.6) is 0 Å². The molecule has 0 amide bonds. The summed E-state index contributed by atoms with van der Waals surface area (Å²) in [4.78, 5) is 45.7. The summed E-state index contributed by atoms with van der Waals surface area (Å²) in [6.45, 7) is 3.13. The summed E-state index contributed by atoms with van der Waals surface area (Å²) < 4.78 is 46.0. The fourth-order valence-electron chi connectivity index (χ4n) is 3.61. The van der Waals surface area contributed by atoms with E-state index in [1.165, 1.54) is 23.9 Å². The lowest BCUT2D eigenvalue weighted by molar-refractivity contribution is -0.0299. The zero-order chi connectivity index (χ0) is 22.7. The van der Waals surface area contributed by atoms with E-state index in [1.807, 2.05) is 0 Å². The summed E-state index contributed by atoms with van der Waals surface area (Å²) in [7, 11) is -5.85. The number of phosphoric ester groups is 1. The van der Waals surface area contributed by atoms with Crippen LogP contribution in [0.2, 0.25) is 0 Å². The summed E-state index contributed by atoms with van der Waals surface area (Å²) in [6.07, 6.45) is -1.08. The predicted molar refractivity (Wildman–Crippen MR) is 107 cm³/mol. The summed E-state index contributed by atoms with van der Waals surface area (Å²) in [5, 5.41) is 0. The molecule has 1 aromatic heterocycles. The molecule has 0 bridgehead atoms. The molecule has 1 aliphatic rings. The average molecular weight is 470 g/mol. The topological polar surface area (TPSA) is 166 Å². The molecule has 0 spiro atoms. The van der Waals surface area contributed by atoms with Crippen LogP contribution in [0.4, 0.5) is 0 Å². The summed E-state index contributed by atoms with van der Waals surface area (Å²) in [5.74, 6) is -0.536. The van der Waals surface area contributed by atoms with Gasteiger partial charge in [-0.3, -0.25) is 28.0 Å². The number of nitrogens with one attached hydrogen (secondary N) is 1. The summed E-state index contributed by atoms with van der Waals surface area (Å²) in [5.41, 5.74) is -1.25. The molecule has 172 valence electrons. The Balaban J connectivity index is 2.38. The number of hydrogen-bond donors (Lipinski definition) is 3. The predicted octanol–water partition coefficient (Wildman–Crippen LogP) is 1.25. The van der Waals surface area contributed by atoms with E-state index in [0.717, 1.165) is 7.11 Å². The number of H-pyrrole nitrogens is 1. The van der Waals surface area contributed by atoms with Crippen LogP contribution >= 0.6 is 15.4 Å². The Morgan fingerprint density at radius 3 is 2.43 bits per heavy atom. The molecule has 0 radical (unpaired) electrons. The van der Waals surface area contributed by atoms with E-state index in [2.05, 4.69) is 9.51 Å². The molecule has 1 fully saturated rings. The molecule has 3 N–H and O–H groups in total. The Kier molecular flexibility index (Phi) is 8.40. The van der Waals surface area contributed by atoms with Crippen molar-refractivity contribution in [2.45, 2.75) is 51.0 Å². The molecule has 0 saturated heterocycles. The number of phosphoric acid groups is 1. The minimum absolute atomic E-state index is 0.0996. The first-order valence-corrected chi connectivity index (χ1v) is 12.6. The van der Waals surface area contributed by atoms with E-state index in [0.29, 0.717) is 0 Å². The Morgan fingerprint density at radius 1 is 1.23 bits per heavy atom. The van der Waals surface area contributed by atoms with Crippen molar-refractivity contribution >= 4 is 15.4 Å². The molecule has 12 nitrogen and oxygen atoms in total. The van der Waals surface area contributed by atoms with Crippen LogP contribution in [0, 0.1) is 5.92 Å². The van der Waals surface area contributed by atoms with E-state index < -0.39 is 56.9 Å².